The van der Waals surface area contributed by atoms with Crippen LogP contribution < -0.4 is 9.47 Å². The largest absolute Gasteiger partial charge is 0.497 e. The number of fused-ring (bicyclic) bond motifs is 2. The number of rotatable bonds is 4. The minimum Gasteiger partial charge on any atom is -0.497 e. The van der Waals surface area contributed by atoms with Gasteiger partial charge in [-0.3, -0.25) is 0 Å². The van der Waals surface area contributed by atoms with E-state index in [1.807, 2.05) is 30.4 Å². The van der Waals surface area contributed by atoms with Crippen molar-refractivity contribution in [2.75, 3.05) is 14.2 Å². The van der Waals surface area contributed by atoms with Gasteiger partial charge in [0.05, 0.1) is 20.3 Å². The molecule has 2 aliphatic carbocycles. The molecule has 0 spiro atoms. The average molecular weight is 279 g/mol. The van der Waals surface area contributed by atoms with E-state index in [9.17, 15) is 5.26 Å². The zero-order valence-electron chi connectivity index (χ0n) is 12.2. The molecular weight excluding hydrogens is 262 g/mol. The van der Waals surface area contributed by atoms with Crippen LogP contribution in [0.15, 0.2) is 47.6 Å². The fraction of sp³-hybridized carbons (Fsp3) is 0.278. The Morgan fingerprint density at radius 2 is 1.95 bits per heavy atom. The average Bonchev–Trinajstić information content (AvgIpc) is 3.13. The first-order valence-corrected chi connectivity index (χ1v) is 6.99. The van der Waals surface area contributed by atoms with Crippen molar-refractivity contribution in [1.29, 1.82) is 5.26 Å². The molecule has 3 heteroatoms. The highest BCUT2D eigenvalue weighted by atomic mass is 16.5. The Morgan fingerprint density at radius 1 is 1.14 bits per heavy atom. The van der Waals surface area contributed by atoms with Gasteiger partial charge in [0.15, 0.2) is 0 Å². The molecule has 0 heterocycles. The lowest BCUT2D eigenvalue weighted by Crippen LogP contribution is -1.95. The fourth-order valence-corrected chi connectivity index (χ4v) is 3.07. The van der Waals surface area contributed by atoms with Crippen LogP contribution in [0.4, 0.5) is 0 Å². The van der Waals surface area contributed by atoms with Crippen molar-refractivity contribution >= 4 is 6.08 Å². The Bertz CT molecular complexity index is 692. The lowest BCUT2D eigenvalue weighted by Gasteiger charge is -2.09. The van der Waals surface area contributed by atoms with Gasteiger partial charge in [-0.05, 0) is 30.2 Å². The minimum atomic E-state index is 0.312. The molecule has 0 saturated heterocycles. The summed E-state index contributed by atoms with van der Waals surface area (Å²) in [5.41, 5.74) is 2.99. The van der Waals surface area contributed by atoms with E-state index in [2.05, 4.69) is 18.2 Å². The topological polar surface area (TPSA) is 42.2 Å². The molecule has 0 fully saturated rings. The van der Waals surface area contributed by atoms with E-state index in [1.165, 1.54) is 0 Å². The van der Waals surface area contributed by atoms with Crippen LogP contribution >= 0.6 is 0 Å². The van der Waals surface area contributed by atoms with Crippen molar-refractivity contribution in [2.45, 2.75) is 6.42 Å². The maximum atomic E-state index is 9.32. The maximum Gasteiger partial charge on any atom is 0.126 e. The molecule has 1 aromatic carbocycles. The number of allylic oxidation sites excluding steroid dienone is 5. The number of hydrogen-bond donors (Lipinski definition) is 0. The van der Waals surface area contributed by atoms with Gasteiger partial charge in [-0.15, -0.1) is 0 Å². The van der Waals surface area contributed by atoms with Gasteiger partial charge in [0.25, 0.3) is 0 Å². The van der Waals surface area contributed by atoms with E-state index in [4.69, 9.17) is 9.47 Å². The second kappa shape index (κ2) is 5.49. The molecule has 0 amide bonds. The summed E-state index contributed by atoms with van der Waals surface area (Å²) in [6.45, 7) is 0. The molecule has 0 saturated carbocycles. The first-order valence-electron chi connectivity index (χ1n) is 6.99. The second-order valence-electron chi connectivity index (χ2n) is 5.26. The van der Waals surface area contributed by atoms with Gasteiger partial charge in [0.2, 0.25) is 0 Å². The van der Waals surface area contributed by atoms with E-state index >= 15 is 0 Å². The lowest BCUT2D eigenvalue weighted by atomic mass is 9.97. The van der Waals surface area contributed by atoms with E-state index in [1.54, 1.807) is 14.2 Å². The van der Waals surface area contributed by atoms with Gasteiger partial charge in [0.1, 0.15) is 11.5 Å². The maximum absolute atomic E-state index is 9.32. The second-order valence-corrected chi connectivity index (χ2v) is 5.26. The van der Waals surface area contributed by atoms with Gasteiger partial charge >= 0.3 is 0 Å². The van der Waals surface area contributed by atoms with E-state index in [-0.39, 0.29) is 0 Å². The third kappa shape index (κ3) is 2.34. The molecule has 0 unspecified atom stereocenters. The molecule has 21 heavy (non-hydrogen) atoms. The Hall–Kier alpha value is -2.47. The number of hydrogen-bond acceptors (Lipinski definition) is 3. The van der Waals surface area contributed by atoms with Crippen LogP contribution in [0.3, 0.4) is 0 Å². The summed E-state index contributed by atoms with van der Waals surface area (Å²) in [5, 5.41) is 9.32. The third-order valence-electron chi connectivity index (χ3n) is 4.16. The van der Waals surface area contributed by atoms with E-state index in [0.29, 0.717) is 11.8 Å². The fourth-order valence-electron chi connectivity index (χ4n) is 3.07. The summed E-state index contributed by atoms with van der Waals surface area (Å²) < 4.78 is 10.6. The summed E-state index contributed by atoms with van der Waals surface area (Å²) in [6, 6.07) is 8.05. The van der Waals surface area contributed by atoms with Gasteiger partial charge in [0, 0.05) is 23.0 Å². The number of nitrogens with zero attached hydrogens (tertiary/aromatic N) is 1. The van der Waals surface area contributed by atoms with Crippen LogP contribution in [-0.2, 0) is 0 Å². The first kappa shape index (κ1) is 13.5. The Kier molecular flexibility index (Phi) is 3.53. The van der Waals surface area contributed by atoms with Crippen LogP contribution in [0.2, 0.25) is 0 Å². The molecule has 1 aromatic rings. The van der Waals surface area contributed by atoms with Crippen molar-refractivity contribution in [3.63, 3.8) is 0 Å². The quantitative estimate of drug-likeness (QED) is 0.788. The molecule has 2 bridgehead atoms. The van der Waals surface area contributed by atoms with E-state index in [0.717, 1.165) is 34.6 Å². The summed E-state index contributed by atoms with van der Waals surface area (Å²) in [5.74, 6) is 2.28. The molecule has 106 valence electrons. The van der Waals surface area contributed by atoms with Gasteiger partial charge < -0.3 is 9.47 Å². The summed E-state index contributed by atoms with van der Waals surface area (Å²) >= 11 is 0. The minimum absolute atomic E-state index is 0.312. The monoisotopic (exact) mass is 279 g/mol. The van der Waals surface area contributed by atoms with Crippen molar-refractivity contribution in [3.8, 4) is 17.6 Å². The molecule has 3 nitrogen and oxygen atoms in total. The van der Waals surface area contributed by atoms with Crippen molar-refractivity contribution in [3.05, 3.63) is 53.1 Å². The highest BCUT2D eigenvalue weighted by Gasteiger charge is 2.33. The van der Waals surface area contributed by atoms with Gasteiger partial charge in [-0.25, -0.2) is 0 Å². The van der Waals surface area contributed by atoms with Crippen LogP contribution in [0, 0.1) is 23.2 Å². The van der Waals surface area contributed by atoms with Crippen molar-refractivity contribution < 1.29 is 9.47 Å². The Balaban J connectivity index is 1.93. The highest BCUT2D eigenvalue weighted by Crippen LogP contribution is 2.44. The smallest absolute Gasteiger partial charge is 0.126 e. The van der Waals surface area contributed by atoms with Crippen LogP contribution in [0.5, 0.6) is 11.5 Å². The van der Waals surface area contributed by atoms with Crippen molar-refractivity contribution in [2.24, 2.45) is 11.8 Å². The highest BCUT2D eigenvalue weighted by molar-refractivity contribution is 5.64. The third-order valence-corrected chi connectivity index (χ3v) is 4.16. The summed E-state index contributed by atoms with van der Waals surface area (Å²) in [7, 11) is 3.30. The first-order chi connectivity index (χ1) is 10.3. The molecule has 2 atom stereocenters. The van der Waals surface area contributed by atoms with Gasteiger partial charge in [-0.2, -0.15) is 5.26 Å². The predicted molar refractivity (Wildman–Crippen MR) is 82.0 cm³/mol. The molecule has 0 N–H and O–H groups in total. The molecule has 0 radical (unpaired) electrons. The Morgan fingerprint density at radius 3 is 2.67 bits per heavy atom. The number of ether oxygens (including phenoxy) is 2. The zero-order chi connectivity index (χ0) is 14.8. The molecular formula is C18H17NO2. The normalized spacial score (nSPS) is 22.9. The summed E-state index contributed by atoms with van der Waals surface area (Å²) in [6.07, 6.45) is 9.44. The van der Waals surface area contributed by atoms with Gasteiger partial charge in [-0.1, -0.05) is 24.3 Å². The van der Waals surface area contributed by atoms with E-state index < -0.39 is 0 Å². The number of benzene rings is 1. The van der Waals surface area contributed by atoms with Crippen molar-refractivity contribution in [1.82, 2.24) is 0 Å². The Labute approximate surface area is 124 Å². The predicted octanol–water partition coefficient (Wildman–Crippen LogP) is 3.74. The number of methoxy groups -OCH3 is 2. The molecule has 3 rings (SSSR count). The lowest BCUT2D eigenvalue weighted by molar-refractivity contribution is 0.402. The molecule has 0 aliphatic heterocycles. The van der Waals surface area contributed by atoms with Crippen LogP contribution in [0.1, 0.15) is 12.0 Å². The standard InChI is InChI=1S/C18H17NO2/c1-20-15-6-8-18(21-2)14(10-15)5-7-16-12-3-4-13(9-12)17(16)11-19/h3-8,10,12-13H,9H2,1-2H3/b7-5+/t12-,13-/m0/s1. The molecule has 0 aromatic heterocycles. The zero-order valence-corrected chi connectivity index (χ0v) is 12.2. The van der Waals surface area contributed by atoms with Crippen LogP contribution in [-0.4, -0.2) is 14.2 Å². The SMILES string of the molecule is COc1ccc(OC)c(/C=C/C2=C(C#N)[C@H]3C=C[C@H]2C3)c1. The van der Waals surface area contributed by atoms with Crippen LogP contribution in [0.25, 0.3) is 6.08 Å². The number of nitriles is 1. The summed E-state index contributed by atoms with van der Waals surface area (Å²) in [4.78, 5) is 0. The molecule has 2 aliphatic rings.